The molecule has 0 unspecified atom stereocenters. The first kappa shape index (κ1) is 26.3. The van der Waals surface area contributed by atoms with Crippen molar-refractivity contribution in [2.24, 2.45) is 5.92 Å². The van der Waals surface area contributed by atoms with Gasteiger partial charge in [0.05, 0.1) is 22.3 Å². The van der Waals surface area contributed by atoms with Crippen molar-refractivity contribution in [3.63, 3.8) is 0 Å². The van der Waals surface area contributed by atoms with Gasteiger partial charge in [-0.2, -0.15) is 4.31 Å². The fourth-order valence-electron chi connectivity index (χ4n) is 3.96. The van der Waals surface area contributed by atoms with Gasteiger partial charge < -0.3 is 9.64 Å². The molecule has 0 aliphatic carbocycles. The number of nitro benzene ring substituents is 1. The summed E-state index contributed by atoms with van der Waals surface area (Å²) in [6, 6.07) is 13.7. The molecule has 1 amide bonds. The Morgan fingerprint density at radius 2 is 1.71 bits per heavy atom. The third-order valence-electron chi connectivity index (χ3n) is 5.93. The lowest BCUT2D eigenvalue weighted by Crippen LogP contribution is -2.42. The first-order valence-corrected chi connectivity index (χ1v) is 12.9. The predicted molar refractivity (Wildman–Crippen MR) is 128 cm³/mol. The number of hydrogen-bond donors (Lipinski definition) is 0. The molecule has 1 saturated heterocycles. The second kappa shape index (κ2) is 11.9. The molecule has 0 spiro atoms. The number of piperidine rings is 1. The van der Waals surface area contributed by atoms with Crippen molar-refractivity contribution in [3.8, 4) is 0 Å². The maximum Gasteiger partial charge on any atom is 0.309 e. The minimum absolute atomic E-state index is 0.0247. The van der Waals surface area contributed by atoms with Crippen LogP contribution in [0.4, 0.5) is 5.69 Å². The number of esters is 1. The Morgan fingerprint density at radius 3 is 2.29 bits per heavy atom. The lowest BCUT2D eigenvalue weighted by molar-refractivity contribution is -0.384. The number of carbonyl (C=O) groups is 2. The van der Waals surface area contributed by atoms with Gasteiger partial charge in [-0.3, -0.25) is 19.7 Å². The minimum Gasteiger partial charge on any atom is -0.466 e. The summed E-state index contributed by atoms with van der Waals surface area (Å²) in [5.41, 5.74) is 0.542. The number of benzene rings is 2. The van der Waals surface area contributed by atoms with Crippen molar-refractivity contribution in [3.05, 3.63) is 70.3 Å². The molecule has 10 nitrogen and oxygen atoms in total. The average Bonchev–Trinajstić information content (AvgIpc) is 2.87. The second-order valence-corrected chi connectivity index (χ2v) is 10.2. The Hall–Kier alpha value is -3.31. The monoisotopic (exact) mass is 503 g/mol. The SMILES string of the molecule is CCOC(=O)C1CCN(C(=O)CCN(Cc2ccccc2)S(=O)(=O)c2ccc([N+](=O)[O-])cc2)CC1. The highest BCUT2D eigenvalue weighted by atomic mass is 32.2. The molecule has 0 saturated carbocycles. The van der Waals surface area contributed by atoms with Crippen molar-refractivity contribution in [2.75, 3.05) is 26.2 Å². The summed E-state index contributed by atoms with van der Waals surface area (Å²) < 4.78 is 33.0. The molecule has 0 N–H and O–H groups in total. The molecule has 0 radical (unpaired) electrons. The van der Waals surface area contributed by atoms with Crippen LogP contribution in [0.5, 0.6) is 0 Å². The highest BCUT2D eigenvalue weighted by molar-refractivity contribution is 7.89. The van der Waals surface area contributed by atoms with Crippen molar-refractivity contribution >= 4 is 27.6 Å². The van der Waals surface area contributed by atoms with Gasteiger partial charge in [0, 0.05) is 44.7 Å². The Morgan fingerprint density at radius 1 is 1.09 bits per heavy atom. The molecule has 1 aliphatic heterocycles. The summed E-state index contributed by atoms with van der Waals surface area (Å²) >= 11 is 0. The lowest BCUT2D eigenvalue weighted by atomic mass is 9.97. The van der Waals surface area contributed by atoms with Crippen LogP contribution in [0, 0.1) is 16.0 Å². The van der Waals surface area contributed by atoms with Crippen LogP contribution in [0.25, 0.3) is 0 Å². The van der Waals surface area contributed by atoms with Crippen LogP contribution in [0.3, 0.4) is 0 Å². The molecule has 0 aromatic heterocycles. The van der Waals surface area contributed by atoms with Crippen LogP contribution < -0.4 is 0 Å². The maximum absolute atomic E-state index is 13.4. The number of carbonyl (C=O) groups excluding carboxylic acids is 2. The third-order valence-corrected chi connectivity index (χ3v) is 7.79. The molecule has 3 rings (SSSR count). The van der Waals surface area contributed by atoms with Gasteiger partial charge in [0.25, 0.3) is 5.69 Å². The standard InChI is InChI=1S/C24H29N3O7S/c1-2-34-24(29)20-12-15-25(16-13-20)23(28)14-17-26(18-19-6-4-3-5-7-19)35(32,33)22-10-8-21(9-11-22)27(30)31/h3-11,20H,2,12-18H2,1H3. The van der Waals surface area contributed by atoms with E-state index in [0.717, 1.165) is 17.7 Å². The van der Waals surface area contributed by atoms with E-state index in [1.54, 1.807) is 36.1 Å². The molecule has 0 atom stereocenters. The number of nitrogens with zero attached hydrogens (tertiary/aromatic N) is 3. The zero-order chi connectivity index (χ0) is 25.4. The van der Waals surface area contributed by atoms with E-state index >= 15 is 0 Å². The van der Waals surface area contributed by atoms with Crippen LogP contribution in [0.15, 0.2) is 59.5 Å². The van der Waals surface area contributed by atoms with Gasteiger partial charge in [-0.15, -0.1) is 0 Å². The highest BCUT2D eigenvalue weighted by Gasteiger charge is 2.30. The van der Waals surface area contributed by atoms with Gasteiger partial charge in [-0.25, -0.2) is 8.42 Å². The van der Waals surface area contributed by atoms with Crippen molar-refractivity contribution in [1.29, 1.82) is 0 Å². The largest absolute Gasteiger partial charge is 0.466 e. The Labute approximate surface area is 204 Å². The van der Waals surface area contributed by atoms with E-state index in [1.807, 2.05) is 6.07 Å². The molecule has 188 valence electrons. The van der Waals surface area contributed by atoms with Gasteiger partial charge in [0.1, 0.15) is 0 Å². The molecule has 11 heteroatoms. The van der Waals surface area contributed by atoms with Gasteiger partial charge in [0.15, 0.2) is 0 Å². The van der Waals surface area contributed by atoms with E-state index in [0.29, 0.717) is 32.5 Å². The Kier molecular flexibility index (Phi) is 8.94. The van der Waals surface area contributed by atoms with Crippen molar-refractivity contribution < 1.29 is 27.7 Å². The van der Waals surface area contributed by atoms with E-state index in [2.05, 4.69) is 0 Å². The molecule has 2 aromatic rings. The smallest absolute Gasteiger partial charge is 0.309 e. The zero-order valence-corrected chi connectivity index (χ0v) is 20.4. The molecular formula is C24H29N3O7S. The number of non-ortho nitro benzene ring substituents is 1. The summed E-state index contributed by atoms with van der Waals surface area (Å²) in [6.45, 7) is 2.90. The van der Waals surface area contributed by atoms with Crippen LogP contribution >= 0.6 is 0 Å². The summed E-state index contributed by atoms with van der Waals surface area (Å²) in [4.78, 5) is 36.7. The first-order chi connectivity index (χ1) is 16.7. The van der Waals surface area contributed by atoms with Gasteiger partial charge in [0.2, 0.25) is 15.9 Å². The number of nitro groups is 1. The number of amides is 1. The highest BCUT2D eigenvalue weighted by Crippen LogP contribution is 2.23. The van der Waals surface area contributed by atoms with E-state index in [4.69, 9.17) is 4.74 Å². The number of hydrogen-bond acceptors (Lipinski definition) is 7. The minimum atomic E-state index is -4.02. The topological polar surface area (TPSA) is 127 Å². The number of rotatable bonds is 10. The molecule has 1 heterocycles. The Balaban J connectivity index is 1.70. The third kappa shape index (κ3) is 6.86. The average molecular weight is 504 g/mol. The van der Waals surface area contributed by atoms with Gasteiger partial charge in [-0.1, -0.05) is 30.3 Å². The van der Waals surface area contributed by atoms with Crippen LogP contribution in [0.2, 0.25) is 0 Å². The first-order valence-electron chi connectivity index (χ1n) is 11.4. The van der Waals surface area contributed by atoms with Crippen LogP contribution in [-0.4, -0.2) is 60.7 Å². The van der Waals surface area contributed by atoms with Crippen LogP contribution in [0.1, 0.15) is 31.7 Å². The van der Waals surface area contributed by atoms with E-state index in [1.165, 1.54) is 16.4 Å². The zero-order valence-electron chi connectivity index (χ0n) is 19.5. The van der Waals surface area contributed by atoms with Crippen molar-refractivity contribution in [1.82, 2.24) is 9.21 Å². The molecule has 2 aromatic carbocycles. The Bertz CT molecular complexity index is 1130. The summed E-state index contributed by atoms with van der Waals surface area (Å²) in [6.07, 6.45) is 1.00. The number of sulfonamides is 1. The number of likely N-dealkylation sites (tertiary alicyclic amines) is 1. The van der Waals surface area contributed by atoms with Crippen molar-refractivity contribution in [2.45, 2.75) is 37.6 Å². The fourth-order valence-corrected chi connectivity index (χ4v) is 5.39. The molecule has 1 fully saturated rings. The maximum atomic E-state index is 13.4. The van der Waals surface area contributed by atoms with E-state index in [-0.39, 0.29) is 47.9 Å². The summed E-state index contributed by atoms with van der Waals surface area (Å²) in [5.74, 6) is -0.664. The van der Waals surface area contributed by atoms with E-state index in [9.17, 15) is 28.1 Å². The summed E-state index contributed by atoms with van der Waals surface area (Å²) in [5, 5.41) is 10.9. The summed E-state index contributed by atoms with van der Waals surface area (Å²) in [7, 11) is -4.02. The molecular weight excluding hydrogens is 474 g/mol. The van der Waals surface area contributed by atoms with Gasteiger partial charge >= 0.3 is 5.97 Å². The lowest BCUT2D eigenvalue weighted by Gasteiger charge is -2.31. The molecule has 0 bridgehead atoms. The molecule has 1 aliphatic rings. The normalized spacial score (nSPS) is 14.6. The van der Waals surface area contributed by atoms with E-state index < -0.39 is 14.9 Å². The second-order valence-electron chi connectivity index (χ2n) is 8.23. The quantitative estimate of drug-likeness (QED) is 0.277. The molecule has 35 heavy (non-hydrogen) atoms. The fraction of sp³-hybridized carbons (Fsp3) is 0.417. The van der Waals surface area contributed by atoms with Crippen LogP contribution in [-0.2, 0) is 30.9 Å². The predicted octanol–water partition coefficient (Wildman–Crippen LogP) is 2.98. The van der Waals surface area contributed by atoms with Gasteiger partial charge in [-0.05, 0) is 37.5 Å². The number of ether oxygens (including phenoxy) is 1.